The van der Waals surface area contributed by atoms with Gasteiger partial charge < -0.3 is 15.4 Å². The van der Waals surface area contributed by atoms with Crippen LogP contribution < -0.4 is 5.73 Å². The van der Waals surface area contributed by atoms with Crippen molar-refractivity contribution in [2.75, 3.05) is 26.7 Å². The van der Waals surface area contributed by atoms with Crippen molar-refractivity contribution in [2.24, 2.45) is 5.73 Å². The van der Waals surface area contributed by atoms with Crippen LogP contribution in [0.25, 0.3) is 0 Å². The van der Waals surface area contributed by atoms with Gasteiger partial charge in [0.2, 0.25) is 0 Å². The smallest absolute Gasteiger partial charge is 0.0902 e. The first kappa shape index (κ1) is 11.1. The van der Waals surface area contributed by atoms with Crippen LogP contribution in [0.3, 0.4) is 0 Å². The highest BCUT2D eigenvalue weighted by Gasteiger charge is 2.25. The van der Waals surface area contributed by atoms with E-state index in [0.717, 1.165) is 19.7 Å². The molecule has 2 unspecified atom stereocenters. The zero-order chi connectivity index (χ0) is 10.8. The summed E-state index contributed by atoms with van der Waals surface area (Å²) in [6.07, 6.45) is 0.141. The monoisotopic (exact) mass is 226 g/mol. The third-order valence-corrected chi connectivity index (χ3v) is 3.89. The number of hydrogen-bond acceptors (Lipinski definition) is 4. The molecule has 1 fully saturated rings. The number of morpholine rings is 1. The minimum Gasteiger partial charge on any atom is -0.374 e. The Labute approximate surface area is 94.8 Å². The predicted molar refractivity (Wildman–Crippen MR) is 63.2 cm³/mol. The van der Waals surface area contributed by atoms with Gasteiger partial charge in [0.1, 0.15) is 0 Å². The predicted octanol–water partition coefficient (Wildman–Crippen LogP) is 1.39. The fraction of sp³-hybridized carbons (Fsp3) is 0.636. The molecular formula is C11H18N2OS. The maximum absolute atomic E-state index is 6.20. The molecule has 1 aromatic heterocycles. The van der Waals surface area contributed by atoms with Crippen molar-refractivity contribution in [1.29, 1.82) is 0 Å². The van der Waals surface area contributed by atoms with Crippen LogP contribution >= 0.6 is 11.3 Å². The van der Waals surface area contributed by atoms with Gasteiger partial charge in [0.15, 0.2) is 0 Å². The molecular weight excluding hydrogens is 208 g/mol. The van der Waals surface area contributed by atoms with Crippen LogP contribution in [0.4, 0.5) is 0 Å². The van der Waals surface area contributed by atoms with Crippen LogP contribution in [0.15, 0.2) is 12.1 Å². The van der Waals surface area contributed by atoms with Gasteiger partial charge in [0.05, 0.1) is 18.8 Å². The molecule has 2 rings (SSSR count). The lowest BCUT2D eigenvalue weighted by Gasteiger charge is -2.33. The Kier molecular flexibility index (Phi) is 3.41. The molecule has 2 atom stereocenters. The Hall–Kier alpha value is -0.420. The highest BCUT2D eigenvalue weighted by Crippen LogP contribution is 2.26. The van der Waals surface area contributed by atoms with Crippen molar-refractivity contribution in [3.8, 4) is 0 Å². The van der Waals surface area contributed by atoms with E-state index in [2.05, 4.69) is 31.0 Å². The molecule has 15 heavy (non-hydrogen) atoms. The number of hydrogen-bond donors (Lipinski definition) is 1. The number of thiophene rings is 1. The lowest BCUT2D eigenvalue weighted by atomic mass is 10.1. The zero-order valence-corrected chi connectivity index (χ0v) is 10.1. The van der Waals surface area contributed by atoms with Gasteiger partial charge >= 0.3 is 0 Å². The van der Waals surface area contributed by atoms with Crippen molar-refractivity contribution in [3.63, 3.8) is 0 Å². The number of nitrogens with zero attached hydrogens (tertiary/aromatic N) is 1. The van der Waals surface area contributed by atoms with Gasteiger partial charge in [0.25, 0.3) is 0 Å². The molecule has 2 heterocycles. The second kappa shape index (κ2) is 4.61. The molecule has 0 aliphatic carbocycles. The Morgan fingerprint density at radius 3 is 3.00 bits per heavy atom. The maximum Gasteiger partial charge on any atom is 0.0902 e. The van der Waals surface area contributed by atoms with E-state index < -0.39 is 0 Å². The fourth-order valence-corrected chi connectivity index (χ4v) is 2.78. The largest absolute Gasteiger partial charge is 0.374 e. The highest BCUT2D eigenvalue weighted by molar-refractivity contribution is 7.12. The van der Waals surface area contributed by atoms with Gasteiger partial charge in [-0.1, -0.05) is 0 Å². The van der Waals surface area contributed by atoms with Crippen molar-refractivity contribution in [2.45, 2.75) is 19.1 Å². The summed E-state index contributed by atoms with van der Waals surface area (Å²) < 4.78 is 5.71. The van der Waals surface area contributed by atoms with Gasteiger partial charge in [0, 0.05) is 22.8 Å². The third-order valence-electron chi connectivity index (χ3n) is 2.79. The standard InChI is InChI=1S/C11H18N2OS/c1-8-3-4-10(15-8)11(12)9-7-13(2)5-6-14-9/h3-4,9,11H,5-7,12H2,1-2H3. The quantitative estimate of drug-likeness (QED) is 0.828. The third kappa shape index (κ3) is 2.58. The van der Waals surface area contributed by atoms with Crippen molar-refractivity contribution < 1.29 is 4.74 Å². The summed E-state index contributed by atoms with van der Waals surface area (Å²) in [5.41, 5.74) is 6.20. The summed E-state index contributed by atoms with van der Waals surface area (Å²) in [6, 6.07) is 4.25. The van der Waals surface area contributed by atoms with Gasteiger partial charge in [-0.05, 0) is 26.1 Å². The molecule has 4 heteroatoms. The Morgan fingerprint density at radius 1 is 1.60 bits per heavy atom. The molecule has 1 aliphatic rings. The van der Waals surface area contributed by atoms with E-state index in [1.54, 1.807) is 11.3 Å². The molecule has 0 aromatic carbocycles. The lowest BCUT2D eigenvalue weighted by molar-refractivity contribution is -0.0320. The van der Waals surface area contributed by atoms with Gasteiger partial charge in [-0.25, -0.2) is 0 Å². The molecule has 1 saturated heterocycles. The maximum atomic E-state index is 6.20. The van der Waals surface area contributed by atoms with Crippen LogP contribution in [-0.2, 0) is 4.74 Å². The molecule has 0 saturated carbocycles. The average Bonchev–Trinajstić information content (AvgIpc) is 2.64. The summed E-state index contributed by atoms with van der Waals surface area (Å²) in [5.74, 6) is 0. The van der Waals surface area contributed by atoms with Crippen molar-refractivity contribution >= 4 is 11.3 Å². The van der Waals surface area contributed by atoms with E-state index in [-0.39, 0.29) is 12.1 Å². The summed E-state index contributed by atoms with van der Waals surface area (Å²) in [5, 5.41) is 0. The van der Waals surface area contributed by atoms with Crippen LogP contribution in [0.1, 0.15) is 15.8 Å². The van der Waals surface area contributed by atoms with Crippen LogP contribution in [0.2, 0.25) is 0 Å². The van der Waals surface area contributed by atoms with Gasteiger partial charge in [-0.2, -0.15) is 0 Å². The Balaban J connectivity index is 2.03. The molecule has 0 spiro atoms. The second-order valence-corrected chi connectivity index (χ2v) is 5.47. The zero-order valence-electron chi connectivity index (χ0n) is 9.27. The number of ether oxygens (including phenoxy) is 1. The van der Waals surface area contributed by atoms with Crippen molar-refractivity contribution in [3.05, 3.63) is 21.9 Å². The average molecular weight is 226 g/mol. The Morgan fingerprint density at radius 2 is 2.40 bits per heavy atom. The SMILES string of the molecule is Cc1ccc(C(N)C2CN(C)CCO2)s1. The van der Waals surface area contributed by atoms with Crippen molar-refractivity contribution in [1.82, 2.24) is 4.90 Å². The molecule has 1 aliphatic heterocycles. The van der Waals surface area contributed by atoms with Crippen LogP contribution in [0, 0.1) is 6.92 Å². The first-order valence-electron chi connectivity index (χ1n) is 5.29. The van der Waals surface area contributed by atoms with Gasteiger partial charge in [-0.3, -0.25) is 0 Å². The second-order valence-electron chi connectivity index (χ2n) is 4.15. The summed E-state index contributed by atoms with van der Waals surface area (Å²) >= 11 is 1.77. The minimum atomic E-state index is 0.0199. The first-order chi connectivity index (χ1) is 7.16. The lowest BCUT2D eigenvalue weighted by Crippen LogP contribution is -2.45. The van der Waals surface area contributed by atoms with E-state index in [1.165, 1.54) is 9.75 Å². The fourth-order valence-electron chi connectivity index (χ4n) is 1.84. The number of likely N-dealkylation sites (N-methyl/N-ethyl adjacent to an activating group) is 1. The van der Waals surface area contributed by atoms with E-state index >= 15 is 0 Å². The molecule has 1 aromatic rings. The summed E-state index contributed by atoms with van der Waals surface area (Å²) in [7, 11) is 2.11. The number of rotatable bonds is 2. The van der Waals surface area contributed by atoms with E-state index in [9.17, 15) is 0 Å². The molecule has 2 N–H and O–H groups in total. The molecule has 0 radical (unpaired) electrons. The first-order valence-corrected chi connectivity index (χ1v) is 6.10. The molecule has 3 nitrogen and oxygen atoms in total. The van der Waals surface area contributed by atoms with Crippen LogP contribution in [-0.4, -0.2) is 37.7 Å². The Bertz CT molecular complexity index is 326. The molecule has 0 amide bonds. The van der Waals surface area contributed by atoms with E-state index in [4.69, 9.17) is 10.5 Å². The number of nitrogens with two attached hydrogens (primary N) is 1. The topological polar surface area (TPSA) is 38.5 Å². The van der Waals surface area contributed by atoms with Gasteiger partial charge in [-0.15, -0.1) is 11.3 Å². The highest BCUT2D eigenvalue weighted by atomic mass is 32.1. The van der Waals surface area contributed by atoms with E-state index in [0.29, 0.717) is 0 Å². The summed E-state index contributed by atoms with van der Waals surface area (Å²) in [6.45, 7) is 4.83. The number of aryl methyl sites for hydroxylation is 1. The minimum absolute atomic E-state index is 0.0199. The van der Waals surface area contributed by atoms with E-state index in [1.807, 2.05) is 0 Å². The van der Waals surface area contributed by atoms with Crippen LogP contribution in [0.5, 0.6) is 0 Å². The molecule has 0 bridgehead atoms. The summed E-state index contributed by atoms with van der Waals surface area (Å²) in [4.78, 5) is 4.81. The normalized spacial score (nSPS) is 25.4. The molecule has 84 valence electrons.